The van der Waals surface area contributed by atoms with E-state index in [0.29, 0.717) is 34.7 Å². The van der Waals surface area contributed by atoms with Crippen LogP contribution in [0, 0.1) is 23.4 Å². The number of nitrogens with one attached hydrogen (secondary N) is 2. The summed E-state index contributed by atoms with van der Waals surface area (Å²) in [7, 11) is -7.88. The Bertz CT molecular complexity index is 3000. The van der Waals surface area contributed by atoms with Gasteiger partial charge in [-0.1, -0.05) is 19.1 Å². The molecule has 1 saturated carbocycles. The molecule has 3 aliphatic rings. The number of allylic oxidation sites excluding steroid dienone is 2. The first-order valence-corrected chi connectivity index (χ1v) is 23.8. The van der Waals surface area contributed by atoms with Gasteiger partial charge in [0.05, 0.1) is 32.6 Å². The number of sulfone groups is 1. The highest BCUT2D eigenvalue weighted by atomic mass is 32.2. The molecule has 66 heavy (non-hydrogen) atoms. The highest BCUT2D eigenvalue weighted by molar-refractivity contribution is 7.96. The predicted octanol–water partition coefficient (Wildman–Crippen LogP) is 8.62. The lowest BCUT2D eigenvalue weighted by Gasteiger charge is -2.25. The van der Waals surface area contributed by atoms with Crippen molar-refractivity contribution in [2.24, 2.45) is 5.92 Å². The molecule has 23 heteroatoms. The third kappa shape index (κ3) is 9.03. The minimum Gasteiger partial charge on any atom is -0.346 e. The van der Waals surface area contributed by atoms with Crippen molar-refractivity contribution < 1.29 is 61.1 Å². The zero-order chi connectivity index (χ0) is 47.8. The molecule has 8 rings (SSSR count). The number of amides is 1. The van der Waals surface area contributed by atoms with Crippen LogP contribution in [0.2, 0.25) is 0 Å². The molecule has 12 nitrogen and oxygen atoms in total. The summed E-state index contributed by atoms with van der Waals surface area (Å²) in [5.41, 5.74) is -2.84. The third-order valence-corrected chi connectivity index (χ3v) is 16.6. The average molecular weight is 972 g/mol. The van der Waals surface area contributed by atoms with Gasteiger partial charge in [0.25, 0.3) is 18.8 Å². The second-order valence-corrected chi connectivity index (χ2v) is 22.1. The van der Waals surface area contributed by atoms with Gasteiger partial charge < -0.3 is 5.32 Å². The Balaban J connectivity index is 1.29. The Labute approximate surface area is 372 Å². The summed E-state index contributed by atoms with van der Waals surface area (Å²) in [5.74, 6) is -9.94. The Morgan fingerprint density at radius 1 is 0.924 bits per heavy atom. The van der Waals surface area contributed by atoms with Crippen LogP contribution in [0.5, 0.6) is 0 Å². The second kappa shape index (κ2) is 17.0. The van der Waals surface area contributed by atoms with Crippen LogP contribution in [0.4, 0.5) is 45.3 Å². The Morgan fingerprint density at radius 3 is 2.21 bits per heavy atom. The standard InChI is InChI=1S/C43H42F9N7O5S2/c1-21-14-30-37(40(49)50)55-59(39(30)43(21,51)52)20-34(60)54-32(17-22-15-23(44)18-24(45)16-22)36-28(9-4-25(53-36)12-13-42(2,3)65(61,62)26-5-6-26)29-10-11-31(46)35-38(29)58(19-33(47)48)56-41(35)57-66(63,64)27-7-8-27/h4-5,9-11,15-16,18,21,27,32-33,40H,6-8,12-14,17,19-20H2,1-3H3,(H,54,60)(H,56,57)/t21-,32+/m1/s1. The van der Waals surface area contributed by atoms with Gasteiger partial charge in [0, 0.05) is 45.7 Å². The van der Waals surface area contributed by atoms with Crippen molar-refractivity contribution in [3.63, 3.8) is 0 Å². The van der Waals surface area contributed by atoms with Crippen molar-refractivity contribution in [3.8, 4) is 11.1 Å². The maximum Gasteiger partial charge on any atom is 0.292 e. The van der Waals surface area contributed by atoms with Gasteiger partial charge in [0.1, 0.15) is 41.9 Å². The molecule has 3 heterocycles. The Kier molecular flexibility index (Phi) is 12.1. The monoisotopic (exact) mass is 971 g/mol. The van der Waals surface area contributed by atoms with E-state index in [-0.39, 0.29) is 51.3 Å². The maximum atomic E-state index is 16.0. The van der Waals surface area contributed by atoms with Crippen molar-refractivity contribution in [2.45, 2.75) is 114 Å². The van der Waals surface area contributed by atoms with Crippen LogP contribution in [-0.4, -0.2) is 63.7 Å². The molecule has 0 unspecified atom stereocenters. The number of sulfonamides is 1. The molecule has 3 aromatic heterocycles. The van der Waals surface area contributed by atoms with Crippen LogP contribution < -0.4 is 10.0 Å². The number of benzene rings is 2. The van der Waals surface area contributed by atoms with E-state index in [2.05, 4.69) is 20.2 Å². The molecule has 0 bridgehead atoms. The maximum absolute atomic E-state index is 16.0. The number of carbonyl (C=O) groups is 1. The molecule has 1 amide bonds. The highest BCUT2D eigenvalue weighted by Crippen LogP contribution is 2.48. The van der Waals surface area contributed by atoms with Gasteiger partial charge >= 0.3 is 0 Å². The number of hydrogen-bond acceptors (Lipinski definition) is 8. The molecular formula is C43H42F9N7O5S2. The summed E-state index contributed by atoms with van der Waals surface area (Å²) in [6, 6.07) is 5.79. The number of pyridine rings is 1. The highest BCUT2D eigenvalue weighted by Gasteiger charge is 2.51. The molecule has 0 aliphatic heterocycles. The van der Waals surface area contributed by atoms with Crippen LogP contribution in [0.1, 0.15) is 92.8 Å². The first kappa shape index (κ1) is 47.1. The molecule has 354 valence electrons. The lowest BCUT2D eigenvalue weighted by molar-refractivity contribution is -0.123. The normalized spacial score (nSPS) is 17.7. The lowest BCUT2D eigenvalue weighted by Crippen LogP contribution is -2.35. The third-order valence-electron chi connectivity index (χ3n) is 12.1. The van der Waals surface area contributed by atoms with E-state index in [4.69, 9.17) is 4.98 Å². The van der Waals surface area contributed by atoms with Crippen molar-refractivity contribution in [3.05, 3.63) is 105 Å². The molecule has 1 fully saturated rings. The van der Waals surface area contributed by atoms with Gasteiger partial charge in [0.2, 0.25) is 15.9 Å². The fourth-order valence-corrected chi connectivity index (χ4v) is 11.3. The number of anilines is 1. The molecule has 2 N–H and O–H groups in total. The van der Waals surface area contributed by atoms with E-state index >= 15 is 13.2 Å². The summed E-state index contributed by atoms with van der Waals surface area (Å²) in [5, 5.41) is 8.98. The van der Waals surface area contributed by atoms with Crippen LogP contribution in [-0.2, 0) is 62.9 Å². The second-order valence-electron chi connectivity index (χ2n) is 17.5. The number of halogens is 9. The number of carbonyl (C=O) groups excluding carboxylic acids is 1. The van der Waals surface area contributed by atoms with E-state index in [1.54, 1.807) is 6.08 Å². The number of nitrogens with zero attached hydrogens (tertiary/aromatic N) is 5. The molecular weight excluding hydrogens is 930 g/mol. The number of alkyl halides is 6. The predicted molar refractivity (Wildman–Crippen MR) is 223 cm³/mol. The fraction of sp³-hybridized carbons (Fsp3) is 0.442. The zero-order valence-electron chi connectivity index (χ0n) is 35.4. The van der Waals surface area contributed by atoms with Crippen molar-refractivity contribution in [2.75, 3.05) is 4.72 Å². The van der Waals surface area contributed by atoms with Crippen molar-refractivity contribution in [1.29, 1.82) is 0 Å². The average Bonchev–Trinajstić information content (AvgIpc) is 4.15. The van der Waals surface area contributed by atoms with Gasteiger partial charge in [-0.15, -0.1) is 0 Å². The zero-order valence-corrected chi connectivity index (χ0v) is 37.0. The molecule has 3 aliphatic carbocycles. The van der Waals surface area contributed by atoms with Gasteiger partial charge in [-0.05, 0) is 88.3 Å². The first-order chi connectivity index (χ1) is 30.9. The number of aromatic nitrogens is 5. The number of rotatable bonds is 18. The van der Waals surface area contributed by atoms with Crippen LogP contribution in [0.25, 0.3) is 22.0 Å². The fourth-order valence-electron chi connectivity index (χ4n) is 8.36. The van der Waals surface area contributed by atoms with Crippen LogP contribution in [0.15, 0.2) is 53.4 Å². The minimum absolute atomic E-state index is 0.0133. The minimum atomic E-state index is -4.14. The van der Waals surface area contributed by atoms with E-state index in [9.17, 15) is 48.0 Å². The molecule has 0 saturated heterocycles. The van der Waals surface area contributed by atoms with E-state index in [1.165, 1.54) is 26.0 Å². The molecule has 2 atom stereocenters. The number of aryl methyl sites for hydroxylation is 1. The van der Waals surface area contributed by atoms with Crippen molar-refractivity contribution >= 4 is 42.5 Å². The largest absolute Gasteiger partial charge is 0.346 e. The van der Waals surface area contributed by atoms with Gasteiger partial charge in [-0.25, -0.2) is 47.6 Å². The summed E-state index contributed by atoms with van der Waals surface area (Å²) in [6.45, 7) is 1.96. The van der Waals surface area contributed by atoms with Gasteiger partial charge in [0.15, 0.2) is 15.7 Å². The van der Waals surface area contributed by atoms with Crippen LogP contribution >= 0.6 is 0 Å². The summed E-state index contributed by atoms with van der Waals surface area (Å²) in [6.07, 6.45) is -4.96. The summed E-state index contributed by atoms with van der Waals surface area (Å²) in [4.78, 5) is 19.2. The summed E-state index contributed by atoms with van der Waals surface area (Å²) < 4.78 is 188. The lowest BCUT2D eigenvalue weighted by atomic mass is 9.93. The number of fused-ring (bicyclic) bond motifs is 2. The SMILES string of the molecule is C[C@@H]1Cc2c(C(F)F)nn(CC(=O)N[C@@H](Cc3cc(F)cc(F)c3)c3nc(CCC(C)(C)S(=O)(=O)C4=CC4)ccc3-c3ccc(F)c4c(NS(=O)(=O)C5CC5)nn(CC(F)F)c34)c2C1(F)F. The Hall–Kier alpha value is -5.45. The molecule has 0 radical (unpaired) electrons. The van der Waals surface area contributed by atoms with Crippen molar-refractivity contribution in [1.82, 2.24) is 29.9 Å². The van der Waals surface area contributed by atoms with Gasteiger partial charge in [-0.3, -0.25) is 23.9 Å². The summed E-state index contributed by atoms with van der Waals surface area (Å²) >= 11 is 0. The first-order valence-electron chi connectivity index (χ1n) is 20.8. The molecule has 2 aromatic carbocycles. The molecule has 5 aromatic rings. The smallest absolute Gasteiger partial charge is 0.292 e. The van der Waals surface area contributed by atoms with E-state index in [0.717, 1.165) is 31.2 Å². The van der Waals surface area contributed by atoms with Gasteiger partial charge in [-0.2, -0.15) is 19.0 Å². The number of hydrogen-bond donors (Lipinski definition) is 2. The Morgan fingerprint density at radius 2 is 1.59 bits per heavy atom. The van der Waals surface area contributed by atoms with E-state index < -0.39 is 138 Å². The van der Waals surface area contributed by atoms with Crippen LogP contribution in [0.3, 0.4) is 0 Å². The van der Waals surface area contributed by atoms with E-state index in [1.807, 2.05) is 0 Å². The molecule has 0 spiro atoms. The topological polar surface area (TPSA) is 158 Å². The quantitative estimate of drug-likeness (QED) is 0.0827.